The van der Waals surface area contributed by atoms with Gasteiger partial charge in [0, 0.05) is 0 Å². The van der Waals surface area contributed by atoms with Gasteiger partial charge >= 0.3 is 5.54 Å². The Morgan fingerprint density at radius 1 is 1.11 bits per heavy atom. The van der Waals surface area contributed by atoms with E-state index in [4.69, 9.17) is 22.9 Å². The van der Waals surface area contributed by atoms with E-state index in [0.717, 1.165) is 6.32 Å². The SMILES string of the molecule is CCCCCCB(Cl)Cl. The summed E-state index contributed by atoms with van der Waals surface area (Å²) in [5.41, 5.74) is -0.151. The van der Waals surface area contributed by atoms with E-state index in [-0.39, 0.29) is 5.54 Å². The normalized spacial score (nSPS) is 9.67. The molecule has 0 amide bonds. The van der Waals surface area contributed by atoms with E-state index in [1.807, 2.05) is 0 Å². The molecule has 0 aliphatic carbocycles. The van der Waals surface area contributed by atoms with Crippen LogP contribution in [0.15, 0.2) is 0 Å². The van der Waals surface area contributed by atoms with Gasteiger partial charge in [0.15, 0.2) is 0 Å². The molecule has 0 saturated carbocycles. The Labute approximate surface area is 67.8 Å². The van der Waals surface area contributed by atoms with Crippen LogP contribution in [0.3, 0.4) is 0 Å². The molecule has 0 nitrogen and oxygen atoms in total. The van der Waals surface area contributed by atoms with Crippen molar-refractivity contribution in [3.63, 3.8) is 0 Å². The van der Waals surface area contributed by atoms with E-state index in [1.165, 1.54) is 25.7 Å². The molecular weight excluding hydrogens is 154 g/mol. The van der Waals surface area contributed by atoms with Crippen LogP contribution < -0.4 is 0 Å². The zero-order valence-electron chi connectivity index (χ0n) is 5.87. The maximum Gasteiger partial charge on any atom is 0.351 e. The maximum atomic E-state index is 5.52. The van der Waals surface area contributed by atoms with Crippen LogP contribution in [0.1, 0.15) is 32.6 Å². The van der Waals surface area contributed by atoms with Gasteiger partial charge in [-0.15, -0.1) is 0 Å². The quantitative estimate of drug-likeness (QED) is 0.433. The molecule has 0 radical (unpaired) electrons. The molecule has 54 valence electrons. The van der Waals surface area contributed by atoms with E-state index < -0.39 is 0 Å². The Balaban J connectivity index is 2.75. The second kappa shape index (κ2) is 6.76. The fourth-order valence-corrected chi connectivity index (χ4v) is 1.03. The topological polar surface area (TPSA) is 0 Å². The first-order chi connectivity index (χ1) is 4.27. The van der Waals surface area contributed by atoms with Crippen molar-refractivity contribution < 1.29 is 0 Å². The number of hydrogen-bond donors (Lipinski definition) is 0. The number of hydrogen-bond acceptors (Lipinski definition) is 0. The highest BCUT2D eigenvalue weighted by molar-refractivity contribution is 7.33. The number of halogens is 2. The summed E-state index contributed by atoms with van der Waals surface area (Å²) in [6, 6.07) is 0. The molecule has 0 aromatic rings. The van der Waals surface area contributed by atoms with Crippen LogP contribution in [-0.2, 0) is 0 Å². The van der Waals surface area contributed by atoms with Crippen molar-refractivity contribution in [2.24, 2.45) is 0 Å². The Hall–Kier alpha value is 0.645. The molecular formula is C6H13BCl2. The zero-order chi connectivity index (χ0) is 7.11. The molecule has 9 heavy (non-hydrogen) atoms. The van der Waals surface area contributed by atoms with Crippen molar-refractivity contribution in [3.05, 3.63) is 0 Å². The molecule has 0 fully saturated rings. The highest BCUT2D eigenvalue weighted by Gasteiger charge is 2.02. The van der Waals surface area contributed by atoms with Gasteiger partial charge in [-0.25, -0.2) is 0 Å². The van der Waals surface area contributed by atoms with Gasteiger partial charge in [-0.3, -0.25) is 0 Å². The van der Waals surface area contributed by atoms with Crippen molar-refractivity contribution in [2.75, 3.05) is 0 Å². The minimum atomic E-state index is -0.151. The van der Waals surface area contributed by atoms with E-state index in [2.05, 4.69) is 6.92 Å². The molecule has 0 spiro atoms. The van der Waals surface area contributed by atoms with Crippen LogP contribution in [-0.4, -0.2) is 5.54 Å². The molecule has 0 unspecified atom stereocenters. The molecule has 0 saturated heterocycles. The lowest BCUT2D eigenvalue weighted by atomic mass is 9.96. The van der Waals surface area contributed by atoms with Crippen LogP contribution in [0.5, 0.6) is 0 Å². The molecule has 0 aliphatic heterocycles. The molecule has 0 aromatic carbocycles. The van der Waals surface area contributed by atoms with Crippen molar-refractivity contribution in [1.82, 2.24) is 0 Å². The summed E-state index contributed by atoms with van der Waals surface area (Å²) in [4.78, 5) is 0. The van der Waals surface area contributed by atoms with Crippen LogP contribution in [0.25, 0.3) is 0 Å². The molecule has 0 rings (SSSR count). The highest BCUT2D eigenvalue weighted by Crippen LogP contribution is 2.10. The fraction of sp³-hybridized carbons (Fsp3) is 1.00. The van der Waals surface area contributed by atoms with Crippen LogP contribution in [0, 0.1) is 0 Å². The van der Waals surface area contributed by atoms with E-state index in [9.17, 15) is 0 Å². The summed E-state index contributed by atoms with van der Waals surface area (Å²) >= 11 is 11.0. The molecule has 0 atom stereocenters. The first kappa shape index (κ1) is 9.64. The predicted octanol–water partition coefficient (Wildman–Crippen LogP) is 3.53. The first-order valence-corrected chi connectivity index (χ1v) is 4.42. The largest absolute Gasteiger partial charge is 0.351 e. The highest BCUT2D eigenvalue weighted by atomic mass is 35.5. The molecule has 3 heteroatoms. The summed E-state index contributed by atoms with van der Waals surface area (Å²) in [5, 5.41) is 0. The molecule has 0 heterocycles. The third-order valence-electron chi connectivity index (χ3n) is 1.28. The van der Waals surface area contributed by atoms with Crippen LogP contribution >= 0.6 is 22.9 Å². The van der Waals surface area contributed by atoms with Gasteiger partial charge < -0.3 is 0 Å². The standard InChI is InChI=1S/C6H13BCl2/c1-2-3-4-5-6-7(8)9/h2-6H2,1H3. The minimum Gasteiger partial charge on any atom is -0.172 e. The van der Waals surface area contributed by atoms with E-state index in [0.29, 0.717) is 0 Å². The van der Waals surface area contributed by atoms with Gasteiger partial charge in [0.25, 0.3) is 0 Å². The van der Waals surface area contributed by atoms with Gasteiger partial charge in [0.05, 0.1) is 0 Å². The van der Waals surface area contributed by atoms with Crippen molar-refractivity contribution >= 4 is 28.5 Å². The van der Waals surface area contributed by atoms with Crippen LogP contribution in [0.4, 0.5) is 0 Å². The lowest BCUT2D eigenvalue weighted by molar-refractivity contribution is 0.701. The predicted molar refractivity (Wildman–Crippen MR) is 46.4 cm³/mol. The Morgan fingerprint density at radius 3 is 2.22 bits per heavy atom. The third-order valence-corrected chi connectivity index (χ3v) is 1.71. The van der Waals surface area contributed by atoms with Crippen molar-refractivity contribution in [3.8, 4) is 0 Å². The smallest absolute Gasteiger partial charge is 0.172 e. The van der Waals surface area contributed by atoms with Crippen molar-refractivity contribution in [1.29, 1.82) is 0 Å². The van der Waals surface area contributed by atoms with Gasteiger partial charge in [-0.2, -0.15) is 22.9 Å². The molecule has 0 N–H and O–H groups in total. The van der Waals surface area contributed by atoms with Crippen LogP contribution in [0.2, 0.25) is 6.32 Å². The Kier molecular flexibility index (Phi) is 7.25. The monoisotopic (exact) mass is 166 g/mol. The van der Waals surface area contributed by atoms with Crippen molar-refractivity contribution in [2.45, 2.75) is 38.9 Å². The zero-order valence-corrected chi connectivity index (χ0v) is 7.38. The second-order valence-corrected chi connectivity index (χ2v) is 3.52. The second-order valence-electron chi connectivity index (χ2n) is 2.24. The Morgan fingerprint density at radius 2 is 1.78 bits per heavy atom. The molecule has 0 aliphatic rings. The van der Waals surface area contributed by atoms with Gasteiger partial charge in [-0.05, 0) is 6.32 Å². The first-order valence-electron chi connectivity index (χ1n) is 3.55. The third kappa shape index (κ3) is 8.64. The maximum absolute atomic E-state index is 5.52. The lowest BCUT2D eigenvalue weighted by Crippen LogP contribution is -1.90. The summed E-state index contributed by atoms with van der Waals surface area (Å²) in [7, 11) is 0. The van der Waals surface area contributed by atoms with Gasteiger partial charge in [-0.1, -0.05) is 32.6 Å². The summed E-state index contributed by atoms with van der Waals surface area (Å²) in [6.45, 7) is 2.19. The molecule has 0 aromatic heterocycles. The molecule has 0 bridgehead atoms. The average molecular weight is 167 g/mol. The van der Waals surface area contributed by atoms with Gasteiger partial charge in [0.1, 0.15) is 0 Å². The van der Waals surface area contributed by atoms with E-state index >= 15 is 0 Å². The fourth-order valence-electron chi connectivity index (χ4n) is 0.725. The summed E-state index contributed by atoms with van der Waals surface area (Å²) in [6.07, 6.45) is 5.97. The number of unbranched alkanes of at least 4 members (excludes halogenated alkanes) is 3. The van der Waals surface area contributed by atoms with E-state index in [1.54, 1.807) is 0 Å². The minimum absolute atomic E-state index is 0.151. The summed E-state index contributed by atoms with van der Waals surface area (Å²) < 4.78 is 0. The lowest BCUT2D eigenvalue weighted by Gasteiger charge is -1.95. The van der Waals surface area contributed by atoms with Gasteiger partial charge in [0.2, 0.25) is 0 Å². The number of rotatable bonds is 5. The Bertz CT molecular complexity index is 57.0. The average Bonchev–Trinajstić information content (AvgIpc) is 1.80. The summed E-state index contributed by atoms with van der Waals surface area (Å²) in [5.74, 6) is 0.